The summed E-state index contributed by atoms with van der Waals surface area (Å²) in [6.45, 7) is 3.84. The van der Waals surface area contributed by atoms with Crippen LogP contribution in [0.1, 0.15) is 43.6 Å². The molecule has 0 unspecified atom stereocenters. The number of nitrogens with one attached hydrogen (secondary N) is 1. The predicted octanol–water partition coefficient (Wildman–Crippen LogP) is 3.09. The molecule has 0 spiro atoms. The standard InChI is InChI=1S/C22H33F2N3O4S/c1-32(30,31)27-10-4-17(5-11-27)21(18-12-19(23)14-20(24)13-18)6-9-26-7-2-16(3-8-26)15-25-22(28)29/h12-14,16-17,21,25H,2-11,15H2,1H3,(H,28,29)/t21-/m1/s1. The fourth-order valence-electron chi connectivity index (χ4n) is 5.04. The molecule has 0 bridgehead atoms. The number of carboxylic acid groups (broad SMARTS) is 1. The van der Waals surface area contributed by atoms with Crippen molar-refractivity contribution in [2.24, 2.45) is 11.8 Å². The van der Waals surface area contributed by atoms with Gasteiger partial charge in [-0.2, -0.15) is 0 Å². The van der Waals surface area contributed by atoms with E-state index in [0.29, 0.717) is 44.0 Å². The lowest BCUT2D eigenvalue weighted by atomic mass is 9.78. The third kappa shape index (κ3) is 7.11. The first-order chi connectivity index (χ1) is 15.1. The summed E-state index contributed by atoms with van der Waals surface area (Å²) in [6.07, 6.45) is 4.10. The van der Waals surface area contributed by atoms with Crippen LogP contribution in [0.4, 0.5) is 13.6 Å². The zero-order valence-corrected chi connectivity index (χ0v) is 19.3. The molecule has 0 aromatic heterocycles. The lowest BCUT2D eigenvalue weighted by Crippen LogP contribution is -2.41. The van der Waals surface area contributed by atoms with Crippen molar-refractivity contribution < 1.29 is 27.1 Å². The number of rotatable bonds is 8. The number of carbonyl (C=O) groups is 1. The quantitative estimate of drug-likeness (QED) is 0.606. The highest BCUT2D eigenvalue weighted by atomic mass is 32.2. The van der Waals surface area contributed by atoms with E-state index in [2.05, 4.69) is 10.2 Å². The number of halogens is 2. The van der Waals surface area contributed by atoms with Crippen molar-refractivity contribution in [3.63, 3.8) is 0 Å². The van der Waals surface area contributed by atoms with Gasteiger partial charge in [0.25, 0.3) is 0 Å². The molecule has 0 radical (unpaired) electrons. The molecular weight excluding hydrogens is 440 g/mol. The number of nitrogens with zero attached hydrogens (tertiary/aromatic N) is 2. The molecule has 7 nitrogen and oxygen atoms in total. The molecule has 1 amide bonds. The van der Waals surface area contributed by atoms with E-state index < -0.39 is 27.8 Å². The molecule has 2 fully saturated rings. The normalized spacial score (nSPS) is 20.8. The summed E-state index contributed by atoms with van der Waals surface area (Å²) in [5, 5.41) is 11.2. The molecule has 2 N–H and O–H groups in total. The summed E-state index contributed by atoms with van der Waals surface area (Å²) in [7, 11) is -3.23. The van der Waals surface area contributed by atoms with Gasteiger partial charge in [-0.3, -0.25) is 0 Å². The Hall–Kier alpha value is -1.78. The predicted molar refractivity (Wildman–Crippen MR) is 118 cm³/mol. The Kier molecular flexibility index (Phi) is 8.46. The lowest BCUT2D eigenvalue weighted by Gasteiger charge is -2.37. The fourth-order valence-corrected chi connectivity index (χ4v) is 5.92. The first-order valence-electron chi connectivity index (χ1n) is 11.2. The van der Waals surface area contributed by atoms with E-state index >= 15 is 0 Å². The van der Waals surface area contributed by atoms with Gasteiger partial charge in [-0.05, 0) is 87.2 Å². The van der Waals surface area contributed by atoms with Crippen LogP contribution >= 0.6 is 0 Å². The fraction of sp³-hybridized carbons (Fsp3) is 0.682. The topological polar surface area (TPSA) is 90.0 Å². The van der Waals surface area contributed by atoms with E-state index in [1.807, 2.05) is 0 Å². The minimum atomic E-state index is -3.23. The second-order valence-electron chi connectivity index (χ2n) is 9.07. The van der Waals surface area contributed by atoms with Crippen LogP contribution in [-0.4, -0.2) is 74.3 Å². The number of hydrogen-bond donors (Lipinski definition) is 2. The van der Waals surface area contributed by atoms with Gasteiger partial charge in [0, 0.05) is 25.7 Å². The van der Waals surface area contributed by atoms with Crippen molar-refractivity contribution in [2.75, 3.05) is 45.5 Å². The van der Waals surface area contributed by atoms with Crippen LogP contribution in [0.25, 0.3) is 0 Å². The summed E-state index contributed by atoms with van der Waals surface area (Å²) in [5.74, 6) is -0.744. The van der Waals surface area contributed by atoms with Gasteiger partial charge in [0.1, 0.15) is 11.6 Å². The molecule has 32 heavy (non-hydrogen) atoms. The van der Waals surface area contributed by atoms with Crippen LogP contribution in [0, 0.1) is 23.5 Å². The molecule has 2 aliphatic heterocycles. The number of hydrogen-bond acceptors (Lipinski definition) is 4. The maximum Gasteiger partial charge on any atom is 0.404 e. The number of likely N-dealkylation sites (tertiary alicyclic amines) is 1. The van der Waals surface area contributed by atoms with E-state index in [-0.39, 0.29) is 11.8 Å². The first kappa shape index (κ1) is 24.9. The zero-order valence-electron chi connectivity index (χ0n) is 18.5. The van der Waals surface area contributed by atoms with Crippen LogP contribution < -0.4 is 5.32 Å². The Labute approximate surface area is 188 Å². The van der Waals surface area contributed by atoms with Crippen LogP contribution in [0.15, 0.2) is 18.2 Å². The van der Waals surface area contributed by atoms with Crippen LogP contribution in [0.3, 0.4) is 0 Å². The van der Waals surface area contributed by atoms with Gasteiger partial charge in [0.05, 0.1) is 6.26 Å². The molecule has 0 saturated carbocycles. The second-order valence-corrected chi connectivity index (χ2v) is 11.1. The maximum atomic E-state index is 14.0. The minimum Gasteiger partial charge on any atom is -0.465 e. The molecule has 180 valence electrons. The second kappa shape index (κ2) is 10.9. The van der Waals surface area contributed by atoms with Crippen molar-refractivity contribution in [2.45, 2.75) is 38.0 Å². The van der Waals surface area contributed by atoms with E-state index in [0.717, 1.165) is 45.0 Å². The number of piperidine rings is 2. The summed E-state index contributed by atoms with van der Waals surface area (Å²) < 4.78 is 53.1. The van der Waals surface area contributed by atoms with Gasteiger partial charge < -0.3 is 15.3 Å². The van der Waals surface area contributed by atoms with Gasteiger partial charge in [0.15, 0.2) is 0 Å². The van der Waals surface area contributed by atoms with E-state index in [4.69, 9.17) is 5.11 Å². The Morgan fingerprint density at radius 2 is 1.69 bits per heavy atom. The third-order valence-corrected chi connectivity index (χ3v) is 8.16. The summed E-state index contributed by atoms with van der Waals surface area (Å²) in [4.78, 5) is 13.0. The van der Waals surface area contributed by atoms with E-state index in [1.54, 1.807) is 0 Å². The monoisotopic (exact) mass is 473 g/mol. The number of benzene rings is 1. The molecular formula is C22H33F2N3O4S. The average molecular weight is 474 g/mol. The highest BCUT2D eigenvalue weighted by Crippen LogP contribution is 2.37. The smallest absolute Gasteiger partial charge is 0.404 e. The molecule has 1 aromatic rings. The van der Waals surface area contributed by atoms with E-state index in [1.165, 1.54) is 22.7 Å². The molecule has 2 heterocycles. The Morgan fingerprint density at radius 3 is 2.22 bits per heavy atom. The first-order valence-corrected chi connectivity index (χ1v) is 13.1. The Bertz CT molecular complexity index is 863. The average Bonchev–Trinajstić information content (AvgIpc) is 2.72. The van der Waals surface area contributed by atoms with Crippen LogP contribution in [-0.2, 0) is 10.0 Å². The van der Waals surface area contributed by atoms with Gasteiger partial charge in [-0.25, -0.2) is 26.3 Å². The highest BCUT2D eigenvalue weighted by molar-refractivity contribution is 7.88. The van der Waals surface area contributed by atoms with Crippen molar-refractivity contribution in [1.29, 1.82) is 0 Å². The van der Waals surface area contributed by atoms with Gasteiger partial charge >= 0.3 is 6.09 Å². The molecule has 10 heteroatoms. The van der Waals surface area contributed by atoms with E-state index in [9.17, 15) is 22.0 Å². The lowest BCUT2D eigenvalue weighted by molar-refractivity contribution is 0.159. The molecule has 2 aliphatic rings. The molecule has 1 aromatic carbocycles. The Balaban J connectivity index is 1.62. The largest absolute Gasteiger partial charge is 0.465 e. The van der Waals surface area contributed by atoms with Gasteiger partial charge in [-0.1, -0.05) is 0 Å². The summed E-state index contributed by atoms with van der Waals surface area (Å²) in [5.41, 5.74) is 0.640. The molecule has 2 saturated heterocycles. The third-order valence-electron chi connectivity index (χ3n) is 6.86. The van der Waals surface area contributed by atoms with Gasteiger partial charge in [0.2, 0.25) is 10.0 Å². The molecule has 1 atom stereocenters. The highest BCUT2D eigenvalue weighted by Gasteiger charge is 2.31. The number of sulfonamides is 1. The summed E-state index contributed by atoms with van der Waals surface area (Å²) in [6, 6.07) is 3.68. The summed E-state index contributed by atoms with van der Waals surface area (Å²) >= 11 is 0. The molecule has 3 rings (SSSR count). The maximum absolute atomic E-state index is 14.0. The van der Waals surface area contributed by atoms with Crippen molar-refractivity contribution in [3.05, 3.63) is 35.4 Å². The minimum absolute atomic E-state index is 0.0479. The van der Waals surface area contributed by atoms with Crippen molar-refractivity contribution in [1.82, 2.24) is 14.5 Å². The van der Waals surface area contributed by atoms with Crippen molar-refractivity contribution in [3.8, 4) is 0 Å². The zero-order chi connectivity index (χ0) is 23.3. The van der Waals surface area contributed by atoms with Crippen LogP contribution in [0.5, 0.6) is 0 Å². The van der Waals surface area contributed by atoms with Crippen molar-refractivity contribution >= 4 is 16.1 Å². The molecule has 0 aliphatic carbocycles. The Morgan fingerprint density at radius 1 is 1.09 bits per heavy atom. The van der Waals surface area contributed by atoms with Crippen LogP contribution in [0.2, 0.25) is 0 Å². The van der Waals surface area contributed by atoms with Gasteiger partial charge in [-0.15, -0.1) is 0 Å². The number of amides is 1. The SMILES string of the molecule is CS(=O)(=O)N1CCC([C@@H](CCN2CCC(CNC(=O)O)CC2)c2cc(F)cc(F)c2)CC1.